The van der Waals surface area contributed by atoms with E-state index in [4.69, 9.17) is 16.2 Å². The zero-order valence-electron chi connectivity index (χ0n) is 6.66. The van der Waals surface area contributed by atoms with Crippen LogP contribution < -0.4 is 0 Å². The van der Waals surface area contributed by atoms with Gasteiger partial charge in [-0.25, -0.2) is 15.9 Å². The fourth-order valence-electron chi connectivity index (χ4n) is 0.772. The molecular weight excluding hydrogens is 160 g/mol. The molecule has 0 saturated heterocycles. The van der Waals surface area contributed by atoms with Gasteiger partial charge >= 0.3 is 5.97 Å². The van der Waals surface area contributed by atoms with E-state index in [1.807, 2.05) is 0 Å². The number of nitrogens with one attached hydrogen (secondary N) is 2. The Hall–Kier alpha value is -1.33. The average molecular weight is 172 g/mol. The Labute approximate surface area is 70.0 Å². The van der Waals surface area contributed by atoms with E-state index in [1.54, 1.807) is 0 Å². The zero-order valence-corrected chi connectivity index (χ0v) is 6.66. The lowest BCUT2D eigenvalue weighted by Gasteiger charge is -2.02. The fourth-order valence-corrected chi connectivity index (χ4v) is 0.772. The second-order valence-corrected chi connectivity index (χ2v) is 2.36. The van der Waals surface area contributed by atoms with Crippen molar-refractivity contribution in [1.82, 2.24) is 0 Å². The van der Waals surface area contributed by atoms with Crippen LogP contribution in [0.1, 0.15) is 19.3 Å². The predicted octanol–water partition coefficient (Wildman–Crippen LogP) is 1.67. The number of carbonyl (C=O) groups is 1. The van der Waals surface area contributed by atoms with Crippen molar-refractivity contribution in [3.63, 3.8) is 0 Å². The van der Waals surface area contributed by atoms with Gasteiger partial charge in [-0.2, -0.15) is 10.2 Å². The summed E-state index contributed by atoms with van der Waals surface area (Å²) >= 11 is 0. The normalized spacial score (nSPS) is 12.0. The van der Waals surface area contributed by atoms with Crippen molar-refractivity contribution in [2.24, 2.45) is 10.2 Å². The minimum Gasteiger partial charge on any atom is -0.480 e. The van der Waals surface area contributed by atoms with Crippen molar-refractivity contribution < 1.29 is 9.90 Å². The summed E-state index contributed by atoms with van der Waals surface area (Å²) in [6, 6.07) is -0.921. The Morgan fingerprint density at radius 3 is 2.50 bits per heavy atom. The summed E-state index contributed by atoms with van der Waals surface area (Å²) < 4.78 is 0. The molecule has 0 saturated carbocycles. The zero-order chi connectivity index (χ0) is 9.40. The van der Waals surface area contributed by atoms with Gasteiger partial charge in [0, 0.05) is 0 Å². The molecule has 0 aromatic rings. The molecule has 0 aromatic heterocycles. The summed E-state index contributed by atoms with van der Waals surface area (Å²) in [6.07, 6.45) is 1.68. The Morgan fingerprint density at radius 2 is 2.08 bits per heavy atom. The van der Waals surface area contributed by atoms with E-state index in [9.17, 15) is 4.79 Å². The Morgan fingerprint density at radius 1 is 1.42 bits per heavy atom. The summed E-state index contributed by atoms with van der Waals surface area (Å²) in [5.41, 5.74) is 13.0. The monoisotopic (exact) mass is 172 g/mol. The fraction of sp³-hybridized carbons (Fsp3) is 0.833. The average Bonchev–Trinajstić information content (AvgIpc) is 2.04. The second kappa shape index (κ2) is 6.38. The topological polar surface area (TPSA) is 110 Å². The van der Waals surface area contributed by atoms with E-state index in [1.165, 1.54) is 0 Å². The molecule has 0 heterocycles. The first kappa shape index (κ1) is 10.7. The molecule has 0 rings (SSSR count). The summed E-state index contributed by atoms with van der Waals surface area (Å²) in [4.78, 5) is 10.3. The number of hydrogen-bond donors (Lipinski definition) is 3. The van der Waals surface area contributed by atoms with E-state index in [-0.39, 0.29) is 0 Å². The van der Waals surface area contributed by atoms with Gasteiger partial charge in [0.1, 0.15) is 0 Å². The van der Waals surface area contributed by atoms with Crippen LogP contribution in [0.4, 0.5) is 0 Å². The van der Waals surface area contributed by atoms with Crippen molar-refractivity contribution in [2.75, 3.05) is 6.54 Å². The van der Waals surface area contributed by atoms with Crippen molar-refractivity contribution in [3.05, 3.63) is 0 Å². The molecule has 68 valence electrons. The molecule has 0 aliphatic heterocycles. The van der Waals surface area contributed by atoms with Crippen LogP contribution in [-0.2, 0) is 4.79 Å². The third-order valence-corrected chi connectivity index (χ3v) is 1.44. The van der Waals surface area contributed by atoms with Crippen LogP contribution in [0, 0.1) is 11.1 Å². The van der Waals surface area contributed by atoms with Crippen molar-refractivity contribution in [3.8, 4) is 0 Å². The molecule has 12 heavy (non-hydrogen) atoms. The van der Waals surface area contributed by atoms with E-state index in [0.717, 1.165) is 0 Å². The predicted molar refractivity (Wildman–Crippen MR) is 40.4 cm³/mol. The smallest absolute Gasteiger partial charge is 0.330 e. The van der Waals surface area contributed by atoms with E-state index in [2.05, 4.69) is 10.2 Å². The number of aliphatic carboxylic acids is 1. The molecule has 0 amide bonds. The van der Waals surface area contributed by atoms with Crippen LogP contribution in [0.15, 0.2) is 10.2 Å². The van der Waals surface area contributed by atoms with E-state index < -0.39 is 12.0 Å². The minimum absolute atomic E-state index is 0.356. The lowest BCUT2D eigenvalue weighted by molar-refractivity contribution is -0.138. The largest absolute Gasteiger partial charge is 0.480 e. The molecule has 6 heteroatoms. The number of rotatable bonds is 7. The van der Waals surface area contributed by atoms with Crippen LogP contribution in [0.5, 0.6) is 0 Å². The van der Waals surface area contributed by atoms with Gasteiger partial charge in [-0.1, -0.05) is 0 Å². The third-order valence-electron chi connectivity index (χ3n) is 1.44. The quantitative estimate of drug-likeness (QED) is 0.401. The lowest BCUT2D eigenvalue weighted by Crippen LogP contribution is -2.16. The van der Waals surface area contributed by atoms with Gasteiger partial charge in [-0.3, -0.25) is 0 Å². The molecule has 0 aromatic carbocycles. The summed E-state index contributed by atoms with van der Waals surface area (Å²) in [6.45, 7) is 0.421. The molecule has 1 atom stereocenters. The van der Waals surface area contributed by atoms with Gasteiger partial charge in [-0.15, -0.1) is 0 Å². The standard InChI is InChI=1S/C6H12N4O2/c7-9-4-2-1-3-5(10-8)6(11)12/h5,7-8H,1-4H2,(H,11,12)/t5-/m0/s1. The summed E-state index contributed by atoms with van der Waals surface area (Å²) in [5.74, 6) is -1.06. The van der Waals surface area contributed by atoms with Crippen LogP contribution in [0.2, 0.25) is 0 Å². The third kappa shape index (κ3) is 4.48. The van der Waals surface area contributed by atoms with Crippen molar-refractivity contribution in [2.45, 2.75) is 25.3 Å². The van der Waals surface area contributed by atoms with E-state index >= 15 is 0 Å². The molecule has 6 nitrogen and oxygen atoms in total. The SMILES string of the molecule is N=NCCCC[C@H](N=N)C(=O)O. The maximum atomic E-state index is 10.3. The highest BCUT2D eigenvalue weighted by atomic mass is 16.4. The number of carboxylic acid groups (broad SMARTS) is 1. The molecule has 0 aliphatic carbocycles. The summed E-state index contributed by atoms with van der Waals surface area (Å²) in [5, 5.41) is 14.5. The second-order valence-electron chi connectivity index (χ2n) is 2.36. The first-order valence-electron chi connectivity index (χ1n) is 3.65. The molecule has 0 spiro atoms. The van der Waals surface area contributed by atoms with Gasteiger partial charge in [0.25, 0.3) is 0 Å². The number of unbranched alkanes of at least 4 members (excludes halogenated alkanes) is 1. The van der Waals surface area contributed by atoms with Crippen LogP contribution >= 0.6 is 0 Å². The molecule has 0 fully saturated rings. The van der Waals surface area contributed by atoms with Crippen molar-refractivity contribution >= 4 is 5.97 Å². The minimum atomic E-state index is -1.06. The first-order valence-corrected chi connectivity index (χ1v) is 3.65. The maximum Gasteiger partial charge on any atom is 0.330 e. The summed E-state index contributed by atoms with van der Waals surface area (Å²) in [7, 11) is 0. The van der Waals surface area contributed by atoms with Crippen LogP contribution in [-0.4, -0.2) is 23.7 Å². The Bertz CT molecular complexity index is 171. The van der Waals surface area contributed by atoms with Gasteiger partial charge in [0.2, 0.25) is 0 Å². The van der Waals surface area contributed by atoms with Crippen molar-refractivity contribution in [1.29, 1.82) is 11.1 Å². The Kier molecular flexibility index (Phi) is 5.68. The molecule has 0 aliphatic rings. The first-order chi connectivity index (χ1) is 5.72. The molecule has 0 unspecified atom stereocenters. The number of carboxylic acids is 1. The highest BCUT2D eigenvalue weighted by Gasteiger charge is 2.14. The highest BCUT2D eigenvalue weighted by molar-refractivity contribution is 5.73. The van der Waals surface area contributed by atoms with Gasteiger partial charge in [0.05, 0.1) is 6.54 Å². The molecule has 0 radical (unpaired) electrons. The molecular formula is C6H12N4O2. The van der Waals surface area contributed by atoms with Gasteiger partial charge in [0.15, 0.2) is 6.04 Å². The Balaban J connectivity index is 3.51. The van der Waals surface area contributed by atoms with Gasteiger partial charge in [-0.05, 0) is 19.3 Å². The maximum absolute atomic E-state index is 10.3. The molecule has 0 bridgehead atoms. The number of nitrogens with zero attached hydrogens (tertiary/aromatic N) is 2. The van der Waals surface area contributed by atoms with Crippen LogP contribution in [0.3, 0.4) is 0 Å². The van der Waals surface area contributed by atoms with E-state index in [0.29, 0.717) is 25.8 Å². The number of hydrogen-bond acceptors (Lipinski definition) is 5. The molecule has 3 N–H and O–H groups in total. The van der Waals surface area contributed by atoms with Crippen LogP contribution in [0.25, 0.3) is 0 Å². The lowest BCUT2D eigenvalue weighted by atomic mass is 10.1. The van der Waals surface area contributed by atoms with Gasteiger partial charge < -0.3 is 5.11 Å². The highest BCUT2D eigenvalue weighted by Crippen LogP contribution is 2.04.